The third-order valence-electron chi connectivity index (χ3n) is 4.74. The topological polar surface area (TPSA) is 99.6 Å². The van der Waals surface area contributed by atoms with E-state index in [2.05, 4.69) is 10.3 Å². The largest absolute Gasteiger partial charge is 0.477 e. The molecular formula is C21H16ClN3O4S. The summed E-state index contributed by atoms with van der Waals surface area (Å²) >= 11 is 7.12. The maximum absolute atomic E-state index is 13.4. The predicted octanol–water partition coefficient (Wildman–Crippen LogP) is 3.70. The van der Waals surface area contributed by atoms with Gasteiger partial charge < -0.3 is 15.3 Å². The number of halogens is 1. The number of carboxylic acid groups (broad SMARTS) is 1. The van der Waals surface area contributed by atoms with Crippen molar-refractivity contribution < 1.29 is 19.5 Å². The lowest BCUT2D eigenvalue weighted by Crippen LogP contribution is -2.46. The van der Waals surface area contributed by atoms with E-state index in [1.54, 1.807) is 42.6 Å². The summed E-state index contributed by atoms with van der Waals surface area (Å²) in [5.41, 5.74) is 1.34. The second-order valence-electron chi connectivity index (χ2n) is 6.72. The van der Waals surface area contributed by atoms with Gasteiger partial charge in [0.05, 0.1) is 17.8 Å². The average molecular weight is 442 g/mol. The van der Waals surface area contributed by atoms with Crippen LogP contribution >= 0.6 is 22.9 Å². The van der Waals surface area contributed by atoms with E-state index in [0.29, 0.717) is 26.8 Å². The minimum Gasteiger partial charge on any atom is -0.477 e. The van der Waals surface area contributed by atoms with E-state index >= 15 is 0 Å². The number of hydrogen-bond donors (Lipinski definition) is 2. The quantitative estimate of drug-likeness (QED) is 0.628. The molecule has 7 nitrogen and oxygen atoms in total. The number of aromatic carboxylic acids is 1. The molecule has 0 saturated heterocycles. The lowest BCUT2D eigenvalue weighted by Gasteiger charge is -2.28. The van der Waals surface area contributed by atoms with Crippen LogP contribution in [0.5, 0.6) is 0 Å². The van der Waals surface area contributed by atoms with Crippen molar-refractivity contribution >= 4 is 46.4 Å². The molecule has 4 rings (SSSR count). The van der Waals surface area contributed by atoms with Gasteiger partial charge in [-0.25, -0.2) is 4.79 Å². The molecule has 1 aliphatic rings. The number of hydrogen-bond acceptors (Lipinski definition) is 5. The zero-order valence-corrected chi connectivity index (χ0v) is 17.1. The summed E-state index contributed by atoms with van der Waals surface area (Å²) in [6.07, 6.45) is 1.85. The molecule has 0 saturated carbocycles. The highest BCUT2D eigenvalue weighted by Crippen LogP contribution is 2.29. The fourth-order valence-electron chi connectivity index (χ4n) is 3.31. The zero-order valence-electron chi connectivity index (χ0n) is 15.5. The summed E-state index contributed by atoms with van der Waals surface area (Å²) < 4.78 is 0. The summed E-state index contributed by atoms with van der Waals surface area (Å²) in [7, 11) is 0. The number of benzene rings is 1. The first kappa shape index (κ1) is 20.1. The minimum atomic E-state index is -1.03. The van der Waals surface area contributed by atoms with Crippen molar-refractivity contribution in [3.8, 4) is 0 Å². The molecule has 2 N–H and O–H groups in total. The highest BCUT2D eigenvalue weighted by atomic mass is 35.5. The van der Waals surface area contributed by atoms with E-state index in [4.69, 9.17) is 11.6 Å². The van der Waals surface area contributed by atoms with Gasteiger partial charge in [-0.05, 0) is 42.5 Å². The van der Waals surface area contributed by atoms with E-state index in [9.17, 15) is 19.5 Å². The van der Waals surface area contributed by atoms with Crippen molar-refractivity contribution in [2.24, 2.45) is 0 Å². The lowest BCUT2D eigenvalue weighted by atomic mass is 10.1. The molecule has 3 aromatic rings. The molecule has 3 heterocycles. The summed E-state index contributed by atoms with van der Waals surface area (Å²) in [6.45, 7) is 0.101. The van der Waals surface area contributed by atoms with Crippen molar-refractivity contribution in [1.29, 1.82) is 0 Å². The Labute approximate surface area is 180 Å². The molecule has 9 heteroatoms. The van der Waals surface area contributed by atoms with Gasteiger partial charge in [0.25, 0.3) is 5.91 Å². The van der Waals surface area contributed by atoms with Crippen LogP contribution in [0.3, 0.4) is 0 Å². The van der Waals surface area contributed by atoms with Gasteiger partial charge in [-0.3, -0.25) is 14.6 Å². The number of carbonyl (C=O) groups excluding carboxylic acids is 2. The highest BCUT2D eigenvalue weighted by molar-refractivity contribution is 7.13. The molecule has 0 aliphatic carbocycles. The number of pyridine rings is 1. The molecule has 1 atom stereocenters. The molecule has 0 bridgehead atoms. The third kappa shape index (κ3) is 4.05. The summed E-state index contributed by atoms with van der Waals surface area (Å²) in [5, 5.41) is 12.4. The Morgan fingerprint density at radius 1 is 1.20 bits per heavy atom. The molecule has 0 spiro atoms. The Morgan fingerprint density at radius 2 is 2.03 bits per heavy atom. The average Bonchev–Trinajstić information content (AvgIpc) is 3.17. The van der Waals surface area contributed by atoms with Gasteiger partial charge in [0.1, 0.15) is 10.9 Å². The molecule has 0 fully saturated rings. The number of carbonyl (C=O) groups is 3. The highest BCUT2D eigenvalue weighted by Gasteiger charge is 2.36. The van der Waals surface area contributed by atoms with Crippen LogP contribution in [0, 0.1) is 0 Å². The van der Waals surface area contributed by atoms with Crippen LogP contribution in [-0.2, 0) is 17.8 Å². The molecule has 0 radical (unpaired) electrons. The number of thiophene rings is 1. The number of amides is 2. The van der Waals surface area contributed by atoms with Crippen LogP contribution < -0.4 is 5.32 Å². The fraction of sp³-hybridized carbons (Fsp3) is 0.143. The Hall–Kier alpha value is -3.23. The van der Waals surface area contributed by atoms with Gasteiger partial charge in [0, 0.05) is 28.2 Å². The summed E-state index contributed by atoms with van der Waals surface area (Å²) in [4.78, 5) is 44.3. The zero-order chi connectivity index (χ0) is 21.3. The van der Waals surface area contributed by atoms with Crippen molar-refractivity contribution in [1.82, 2.24) is 9.88 Å². The molecule has 1 aliphatic heterocycles. The number of nitrogens with zero attached hydrogens (tertiary/aromatic N) is 2. The number of nitrogens with one attached hydrogen (secondary N) is 1. The third-order valence-corrected chi connectivity index (χ3v) is 6.03. The number of rotatable bonds is 5. The second kappa shape index (κ2) is 8.25. The number of fused-ring (bicyclic) bond motifs is 1. The maximum atomic E-state index is 13.4. The standard InChI is InChI=1S/C21H16ClN3O4S/c22-12-4-6-15-16(9-12)24-19(26)17(10-13-3-1-2-8-23-13)25(20(15)27)11-14-5-7-18(30-14)21(28)29/h1-9,17H,10-11H2,(H,24,26)(H,28,29)/t17-/m1/s1. The molecule has 0 unspecified atom stereocenters. The van der Waals surface area contributed by atoms with Gasteiger partial charge in [0.15, 0.2) is 0 Å². The summed E-state index contributed by atoms with van der Waals surface area (Å²) in [6, 6.07) is 12.4. The smallest absolute Gasteiger partial charge is 0.345 e. The van der Waals surface area contributed by atoms with Crippen molar-refractivity contribution in [3.05, 3.63) is 80.8 Å². The van der Waals surface area contributed by atoms with Crippen LogP contribution in [0.1, 0.15) is 30.6 Å². The Bertz CT molecular complexity index is 1130. The Kier molecular flexibility index (Phi) is 5.52. The predicted molar refractivity (Wildman–Crippen MR) is 113 cm³/mol. The molecule has 30 heavy (non-hydrogen) atoms. The van der Waals surface area contributed by atoms with E-state index in [1.165, 1.54) is 11.0 Å². The summed E-state index contributed by atoms with van der Waals surface area (Å²) in [5.74, 6) is -1.73. The molecule has 2 amide bonds. The van der Waals surface area contributed by atoms with Gasteiger partial charge in [-0.2, -0.15) is 0 Å². The van der Waals surface area contributed by atoms with E-state index in [-0.39, 0.29) is 29.7 Å². The lowest BCUT2D eigenvalue weighted by molar-refractivity contribution is -0.120. The Morgan fingerprint density at radius 3 is 2.73 bits per heavy atom. The van der Waals surface area contributed by atoms with Crippen LogP contribution in [-0.4, -0.2) is 38.8 Å². The Balaban J connectivity index is 1.74. The van der Waals surface area contributed by atoms with Gasteiger partial charge in [-0.1, -0.05) is 17.7 Å². The second-order valence-corrected chi connectivity index (χ2v) is 8.33. The first-order valence-corrected chi connectivity index (χ1v) is 10.2. The number of aromatic nitrogens is 1. The SMILES string of the molecule is O=C(O)c1ccc(CN2C(=O)c3ccc(Cl)cc3NC(=O)[C@H]2Cc2ccccn2)s1. The minimum absolute atomic E-state index is 0.101. The van der Waals surface area contributed by atoms with Gasteiger partial charge in [-0.15, -0.1) is 11.3 Å². The van der Waals surface area contributed by atoms with Gasteiger partial charge in [0.2, 0.25) is 5.91 Å². The molecular weight excluding hydrogens is 426 g/mol. The number of anilines is 1. The first-order valence-electron chi connectivity index (χ1n) is 9.05. The van der Waals surface area contributed by atoms with Crippen molar-refractivity contribution in [3.63, 3.8) is 0 Å². The fourth-order valence-corrected chi connectivity index (χ4v) is 4.33. The molecule has 2 aromatic heterocycles. The van der Waals surface area contributed by atoms with Crippen LogP contribution in [0.4, 0.5) is 5.69 Å². The number of carboxylic acids is 1. The van der Waals surface area contributed by atoms with E-state index < -0.39 is 12.0 Å². The van der Waals surface area contributed by atoms with Crippen molar-refractivity contribution in [2.75, 3.05) is 5.32 Å². The van der Waals surface area contributed by atoms with Crippen LogP contribution in [0.25, 0.3) is 0 Å². The van der Waals surface area contributed by atoms with Gasteiger partial charge >= 0.3 is 5.97 Å². The molecule has 1 aromatic carbocycles. The maximum Gasteiger partial charge on any atom is 0.345 e. The monoisotopic (exact) mass is 441 g/mol. The first-order chi connectivity index (χ1) is 14.4. The van der Waals surface area contributed by atoms with Crippen LogP contribution in [0.2, 0.25) is 5.02 Å². The van der Waals surface area contributed by atoms with Crippen molar-refractivity contribution in [2.45, 2.75) is 19.0 Å². The normalized spacial score (nSPS) is 16.0. The van der Waals surface area contributed by atoms with E-state index in [1.807, 2.05) is 6.07 Å². The van der Waals surface area contributed by atoms with Crippen LogP contribution in [0.15, 0.2) is 54.7 Å². The molecule has 152 valence electrons. The van der Waals surface area contributed by atoms with E-state index in [0.717, 1.165) is 11.3 Å².